The summed E-state index contributed by atoms with van der Waals surface area (Å²) in [4.78, 5) is 9.31. The average molecular weight is 491 g/mol. The van der Waals surface area contributed by atoms with Crippen LogP contribution in [0.15, 0.2) is 23.2 Å². The van der Waals surface area contributed by atoms with Crippen molar-refractivity contribution in [2.75, 3.05) is 60.5 Å². The number of guanidine groups is 1. The maximum absolute atomic E-state index is 6.01. The number of nitrogens with one attached hydrogen (secondary N) is 1. The first-order chi connectivity index (χ1) is 12.5. The maximum atomic E-state index is 6.01. The number of nitrogens with two attached hydrogens (primary N) is 1. The van der Waals surface area contributed by atoms with Gasteiger partial charge >= 0.3 is 0 Å². The summed E-state index contributed by atoms with van der Waals surface area (Å²) >= 11 is 0. The number of benzene rings is 1. The fraction of sp³-hybridized carbons (Fsp3) is 0.632. The van der Waals surface area contributed by atoms with E-state index in [4.69, 9.17) is 15.2 Å². The second-order valence-electron chi connectivity index (χ2n) is 6.98. The molecule has 0 aromatic heterocycles. The van der Waals surface area contributed by atoms with Gasteiger partial charge in [0.05, 0.1) is 20.8 Å². The molecule has 1 fully saturated rings. The molecule has 1 atom stereocenters. The molecule has 7 nitrogen and oxygen atoms in total. The lowest BCUT2D eigenvalue weighted by Gasteiger charge is -2.34. The summed E-state index contributed by atoms with van der Waals surface area (Å²) < 4.78 is 10.6. The number of halogens is 1. The van der Waals surface area contributed by atoms with Gasteiger partial charge in [0.2, 0.25) is 0 Å². The first-order valence-electron chi connectivity index (χ1n) is 9.17. The lowest BCUT2D eigenvalue weighted by molar-refractivity contribution is 0.139. The largest absolute Gasteiger partial charge is 0.493 e. The minimum Gasteiger partial charge on any atom is -0.493 e. The zero-order valence-electron chi connectivity index (χ0n) is 16.9. The van der Waals surface area contributed by atoms with E-state index in [1.165, 1.54) is 0 Å². The summed E-state index contributed by atoms with van der Waals surface area (Å²) in [6.45, 7) is 9.24. The molecule has 0 radical (unpaired) electrons. The Bertz CT molecular complexity index is 591. The molecular weight excluding hydrogens is 457 g/mol. The standard InChI is InChI=1S/C19H33N5O2.HI/c1-15(14-24-9-7-23(2)8-10-24)12-21-19(20)22-13-16-5-6-17(25-3)18(11-16)26-4;/h5-6,11,15H,7-10,12-14H2,1-4H3,(H3,20,21,22);1H. The van der Waals surface area contributed by atoms with Crippen LogP contribution < -0.4 is 20.5 Å². The number of hydrogen-bond donors (Lipinski definition) is 2. The number of likely N-dealkylation sites (N-methyl/N-ethyl adjacent to an activating group) is 1. The van der Waals surface area contributed by atoms with Crippen LogP contribution in [0.2, 0.25) is 0 Å². The van der Waals surface area contributed by atoms with Crippen LogP contribution in [-0.2, 0) is 6.54 Å². The average Bonchev–Trinajstić information content (AvgIpc) is 2.66. The normalized spacial score (nSPS) is 17.1. The second kappa shape index (κ2) is 12.2. The van der Waals surface area contributed by atoms with Crippen molar-refractivity contribution in [2.24, 2.45) is 16.6 Å². The molecule has 8 heteroatoms. The van der Waals surface area contributed by atoms with Crippen LogP contribution in [0.25, 0.3) is 0 Å². The molecule has 1 aromatic carbocycles. The van der Waals surface area contributed by atoms with Gasteiger partial charge in [-0.2, -0.15) is 0 Å². The number of hydrogen-bond acceptors (Lipinski definition) is 5. The predicted octanol–water partition coefficient (Wildman–Crippen LogP) is 1.61. The Kier molecular flexibility index (Phi) is 10.8. The van der Waals surface area contributed by atoms with Crippen molar-refractivity contribution in [3.8, 4) is 11.5 Å². The lowest BCUT2D eigenvalue weighted by atomic mass is 10.1. The zero-order valence-corrected chi connectivity index (χ0v) is 19.2. The quantitative estimate of drug-likeness (QED) is 0.327. The number of methoxy groups -OCH3 is 2. The Labute approximate surface area is 180 Å². The topological polar surface area (TPSA) is 75.4 Å². The number of nitrogens with zero attached hydrogens (tertiary/aromatic N) is 3. The molecule has 0 amide bonds. The molecule has 0 saturated carbocycles. The molecule has 1 aliphatic heterocycles. The van der Waals surface area contributed by atoms with Crippen molar-refractivity contribution in [1.82, 2.24) is 15.1 Å². The molecule has 1 aliphatic rings. The van der Waals surface area contributed by atoms with Gasteiger partial charge in [0.15, 0.2) is 17.5 Å². The highest BCUT2D eigenvalue weighted by Gasteiger charge is 2.16. The molecule has 154 valence electrons. The van der Waals surface area contributed by atoms with E-state index in [0.717, 1.165) is 44.8 Å². The van der Waals surface area contributed by atoms with E-state index in [2.05, 4.69) is 34.1 Å². The summed E-state index contributed by atoms with van der Waals surface area (Å²) in [5, 5.41) is 3.24. The summed E-state index contributed by atoms with van der Waals surface area (Å²) in [7, 11) is 5.43. The molecule has 0 spiro atoms. The Morgan fingerprint density at radius 2 is 1.85 bits per heavy atom. The van der Waals surface area contributed by atoms with E-state index >= 15 is 0 Å². The predicted molar refractivity (Wildman–Crippen MR) is 121 cm³/mol. The number of aliphatic imine (C=N–C) groups is 1. The van der Waals surface area contributed by atoms with Gasteiger partial charge in [0.1, 0.15) is 0 Å². The monoisotopic (exact) mass is 491 g/mol. The first kappa shape index (κ1) is 23.8. The zero-order chi connectivity index (χ0) is 18.9. The minimum atomic E-state index is 0. The highest BCUT2D eigenvalue weighted by atomic mass is 127. The van der Waals surface area contributed by atoms with Crippen LogP contribution >= 0.6 is 24.0 Å². The molecule has 0 bridgehead atoms. The number of rotatable bonds is 8. The molecule has 2 rings (SSSR count). The number of piperazine rings is 1. The molecule has 3 N–H and O–H groups in total. The Hall–Kier alpha value is -1.26. The lowest BCUT2D eigenvalue weighted by Crippen LogP contribution is -2.47. The van der Waals surface area contributed by atoms with Crippen LogP contribution in [0.5, 0.6) is 11.5 Å². The summed E-state index contributed by atoms with van der Waals surface area (Å²) in [6, 6.07) is 5.77. The smallest absolute Gasteiger partial charge is 0.188 e. The highest BCUT2D eigenvalue weighted by Crippen LogP contribution is 2.27. The minimum absolute atomic E-state index is 0. The van der Waals surface area contributed by atoms with Crippen molar-refractivity contribution in [2.45, 2.75) is 13.5 Å². The van der Waals surface area contributed by atoms with Gasteiger partial charge in [-0.1, -0.05) is 13.0 Å². The van der Waals surface area contributed by atoms with Crippen LogP contribution in [0.4, 0.5) is 0 Å². The van der Waals surface area contributed by atoms with Crippen molar-refractivity contribution in [3.05, 3.63) is 23.8 Å². The molecule has 1 heterocycles. The highest BCUT2D eigenvalue weighted by molar-refractivity contribution is 14.0. The van der Waals surface area contributed by atoms with Crippen molar-refractivity contribution in [1.29, 1.82) is 0 Å². The fourth-order valence-corrected chi connectivity index (χ4v) is 3.03. The molecular formula is C19H34IN5O2. The van der Waals surface area contributed by atoms with Gasteiger partial charge in [0, 0.05) is 39.3 Å². The molecule has 0 aliphatic carbocycles. The van der Waals surface area contributed by atoms with E-state index in [1.54, 1.807) is 14.2 Å². The van der Waals surface area contributed by atoms with Crippen LogP contribution in [0.1, 0.15) is 12.5 Å². The third-order valence-electron chi connectivity index (χ3n) is 4.68. The Morgan fingerprint density at radius 3 is 2.48 bits per heavy atom. The molecule has 27 heavy (non-hydrogen) atoms. The molecule has 1 saturated heterocycles. The third kappa shape index (κ3) is 8.10. The van der Waals surface area contributed by atoms with E-state index in [0.29, 0.717) is 29.9 Å². The van der Waals surface area contributed by atoms with Crippen LogP contribution in [0, 0.1) is 5.92 Å². The van der Waals surface area contributed by atoms with Gasteiger partial charge in [-0.15, -0.1) is 24.0 Å². The summed E-state index contributed by atoms with van der Waals surface area (Å²) in [6.07, 6.45) is 0. The van der Waals surface area contributed by atoms with E-state index in [9.17, 15) is 0 Å². The van der Waals surface area contributed by atoms with Crippen molar-refractivity contribution < 1.29 is 9.47 Å². The van der Waals surface area contributed by atoms with E-state index in [-0.39, 0.29) is 24.0 Å². The van der Waals surface area contributed by atoms with Gasteiger partial charge in [-0.05, 0) is 30.7 Å². The summed E-state index contributed by atoms with van der Waals surface area (Å²) in [5.74, 6) is 2.41. The third-order valence-corrected chi connectivity index (χ3v) is 4.68. The SMILES string of the molecule is COc1ccc(CN=C(N)NCC(C)CN2CCN(C)CC2)cc1OC.I. The van der Waals surface area contributed by atoms with Crippen LogP contribution in [0.3, 0.4) is 0 Å². The fourth-order valence-electron chi connectivity index (χ4n) is 3.03. The second-order valence-corrected chi connectivity index (χ2v) is 6.98. The Balaban J connectivity index is 0.00000364. The van der Waals surface area contributed by atoms with E-state index in [1.807, 2.05) is 18.2 Å². The van der Waals surface area contributed by atoms with E-state index < -0.39 is 0 Å². The Morgan fingerprint density at radius 1 is 1.19 bits per heavy atom. The molecule has 1 aromatic rings. The van der Waals surface area contributed by atoms with Gasteiger partial charge in [0.25, 0.3) is 0 Å². The van der Waals surface area contributed by atoms with Gasteiger partial charge < -0.3 is 30.3 Å². The first-order valence-corrected chi connectivity index (χ1v) is 9.17. The van der Waals surface area contributed by atoms with Crippen molar-refractivity contribution >= 4 is 29.9 Å². The van der Waals surface area contributed by atoms with Crippen molar-refractivity contribution in [3.63, 3.8) is 0 Å². The molecule has 1 unspecified atom stereocenters. The van der Waals surface area contributed by atoms with Gasteiger partial charge in [-0.3, -0.25) is 0 Å². The summed E-state index contributed by atoms with van der Waals surface area (Å²) in [5.41, 5.74) is 7.04. The van der Waals surface area contributed by atoms with Gasteiger partial charge in [-0.25, -0.2) is 4.99 Å². The number of ether oxygens (including phenoxy) is 2. The van der Waals surface area contributed by atoms with Crippen LogP contribution in [-0.4, -0.2) is 76.3 Å². The maximum Gasteiger partial charge on any atom is 0.188 e.